The molecule has 0 amide bonds. The van der Waals surface area contributed by atoms with Crippen molar-refractivity contribution in [1.82, 2.24) is 5.32 Å². The maximum absolute atomic E-state index is 5.56. The number of aliphatic imine (C=N–C) groups is 1. The molecule has 0 radical (unpaired) electrons. The second-order valence-electron chi connectivity index (χ2n) is 3.47. The summed E-state index contributed by atoms with van der Waals surface area (Å²) in [5.74, 6) is 0.930. The van der Waals surface area contributed by atoms with Crippen LogP contribution in [0.3, 0.4) is 0 Å². The van der Waals surface area contributed by atoms with Gasteiger partial charge in [0.2, 0.25) is 0 Å². The van der Waals surface area contributed by atoms with Crippen molar-refractivity contribution in [2.45, 2.75) is 5.92 Å². The van der Waals surface area contributed by atoms with Crippen molar-refractivity contribution in [1.29, 1.82) is 0 Å². The summed E-state index contributed by atoms with van der Waals surface area (Å²) in [6, 6.07) is 6.20. The van der Waals surface area contributed by atoms with E-state index in [9.17, 15) is 0 Å². The van der Waals surface area contributed by atoms with E-state index in [-0.39, 0.29) is 0 Å². The third-order valence-corrected chi connectivity index (χ3v) is 3.59. The summed E-state index contributed by atoms with van der Waals surface area (Å²) in [5.41, 5.74) is 6.82. The number of nitrogens with one attached hydrogen (secondary N) is 1. The molecule has 1 aromatic carbocycles. The van der Waals surface area contributed by atoms with E-state index in [2.05, 4.69) is 54.3 Å². The number of benzene rings is 1. The van der Waals surface area contributed by atoms with E-state index in [1.165, 1.54) is 5.56 Å². The van der Waals surface area contributed by atoms with Crippen LogP contribution in [0.2, 0.25) is 0 Å². The third kappa shape index (κ3) is 2.52. The topological polar surface area (TPSA) is 50.4 Å². The normalized spacial score (nSPS) is 20.7. The molecule has 15 heavy (non-hydrogen) atoms. The van der Waals surface area contributed by atoms with Crippen LogP contribution in [0.25, 0.3) is 0 Å². The maximum Gasteiger partial charge on any atom is 0.188 e. The van der Waals surface area contributed by atoms with Gasteiger partial charge in [-0.05, 0) is 17.7 Å². The zero-order valence-corrected chi connectivity index (χ0v) is 11.2. The average Bonchev–Trinajstić information content (AvgIpc) is 2.20. The maximum atomic E-state index is 5.56. The Morgan fingerprint density at radius 2 is 2.20 bits per heavy atom. The highest BCUT2D eigenvalue weighted by Gasteiger charge is 2.17. The fourth-order valence-electron chi connectivity index (χ4n) is 1.60. The molecular weight excluding hydrogens is 322 g/mol. The van der Waals surface area contributed by atoms with Gasteiger partial charge in [0.05, 0.1) is 6.54 Å². The molecule has 0 aliphatic carbocycles. The van der Waals surface area contributed by atoms with Gasteiger partial charge >= 0.3 is 0 Å². The van der Waals surface area contributed by atoms with E-state index in [0.717, 1.165) is 22.0 Å². The molecule has 2 rings (SSSR count). The number of hydrogen-bond donors (Lipinski definition) is 2. The van der Waals surface area contributed by atoms with Crippen molar-refractivity contribution in [3.05, 3.63) is 32.7 Å². The predicted molar refractivity (Wildman–Crippen MR) is 69.1 cm³/mol. The Kier molecular flexibility index (Phi) is 3.31. The van der Waals surface area contributed by atoms with Gasteiger partial charge in [-0.1, -0.05) is 37.9 Å². The van der Waals surface area contributed by atoms with Crippen molar-refractivity contribution in [3.63, 3.8) is 0 Å². The molecular formula is C10H11Br2N3. The summed E-state index contributed by atoms with van der Waals surface area (Å²) in [4.78, 5) is 4.20. The van der Waals surface area contributed by atoms with E-state index < -0.39 is 0 Å². The Hall–Kier alpha value is -0.550. The first-order valence-electron chi connectivity index (χ1n) is 4.65. The van der Waals surface area contributed by atoms with Crippen molar-refractivity contribution in [2.24, 2.45) is 10.7 Å². The van der Waals surface area contributed by atoms with Crippen molar-refractivity contribution >= 4 is 37.8 Å². The zero-order chi connectivity index (χ0) is 10.8. The molecule has 3 nitrogen and oxygen atoms in total. The van der Waals surface area contributed by atoms with Crippen LogP contribution in [0.4, 0.5) is 0 Å². The van der Waals surface area contributed by atoms with Gasteiger partial charge in [-0.25, -0.2) is 0 Å². The molecule has 0 aromatic heterocycles. The Morgan fingerprint density at radius 1 is 1.40 bits per heavy atom. The van der Waals surface area contributed by atoms with Gasteiger partial charge in [-0.3, -0.25) is 4.99 Å². The Bertz CT molecular complexity index is 404. The molecule has 0 spiro atoms. The van der Waals surface area contributed by atoms with Crippen molar-refractivity contribution in [2.75, 3.05) is 13.1 Å². The Balaban J connectivity index is 2.23. The number of hydrogen-bond acceptors (Lipinski definition) is 3. The van der Waals surface area contributed by atoms with Gasteiger partial charge in [0, 0.05) is 21.4 Å². The first kappa shape index (κ1) is 11.0. The fraction of sp³-hybridized carbons (Fsp3) is 0.300. The zero-order valence-electron chi connectivity index (χ0n) is 8.00. The van der Waals surface area contributed by atoms with Gasteiger partial charge in [0.15, 0.2) is 5.96 Å². The molecule has 1 atom stereocenters. The molecule has 3 N–H and O–H groups in total. The largest absolute Gasteiger partial charge is 0.370 e. The molecule has 80 valence electrons. The van der Waals surface area contributed by atoms with E-state index in [0.29, 0.717) is 11.9 Å². The lowest BCUT2D eigenvalue weighted by Gasteiger charge is -2.22. The van der Waals surface area contributed by atoms with Gasteiger partial charge < -0.3 is 11.1 Å². The minimum atomic E-state index is 0.389. The van der Waals surface area contributed by atoms with Crippen molar-refractivity contribution in [3.8, 4) is 0 Å². The molecule has 0 saturated heterocycles. The molecule has 1 unspecified atom stereocenters. The molecule has 1 heterocycles. The SMILES string of the molecule is NC1=NCC(c2ccc(Br)cc2Br)CN1. The van der Waals surface area contributed by atoms with Crippen LogP contribution in [0.15, 0.2) is 32.1 Å². The van der Waals surface area contributed by atoms with Crippen LogP contribution >= 0.6 is 31.9 Å². The average molecular weight is 333 g/mol. The minimum Gasteiger partial charge on any atom is -0.370 e. The van der Waals surface area contributed by atoms with Crippen molar-refractivity contribution < 1.29 is 0 Å². The lowest BCUT2D eigenvalue weighted by Crippen LogP contribution is -2.39. The summed E-state index contributed by atoms with van der Waals surface area (Å²) >= 11 is 7.00. The lowest BCUT2D eigenvalue weighted by atomic mass is 9.98. The molecule has 0 saturated carbocycles. The third-order valence-electron chi connectivity index (χ3n) is 2.41. The number of guanidine groups is 1. The molecule has 5 heteroatoms. The number of nitrogens with two attached hydrogens (primary N) is 1. The molecule has 1 aliphatic rings. The standard InChI is InChI=1S/C10H11Br2N3/c11-7-1-2-8(9(12)3-7)6-4-14-10(13)15-5-6/h1-3,6H,4-5H2,(H3,13,14,15). The summed E-state index contributed by atoms with van der Waals surface area (Å²) in [6.45, 7) is 1.59. The Morgan fingerprint density at radius 3 is 2.80 bits per heavy atom. The summed E-state index contributed by atoms with van der Waals surface area (Å²) in [7, 11) is 0. The highest BCUT2D eigenvalue weighted by atomic mass is 79.9. The highest BCUT2D eigenvalue weighted by molar-refractivity contribution is 9.11. The molecule has 0 bridgehead atoms. The number of rotatable bonds is 1. The van der Waals surface area contributed by atoms with E-state index in [1.807, 2.05) is 6.07 Å². The quantitative estimate of drug-likeness (QED) is 0.828. The number of halogens is 2. The van der Waals surface area contributed by atoms with Crippen LogP contribution in [0.5, 0.6) is 0 Å². The van der Waals surface area contributed by atoms with E-state index >= 15 is 0 Å². The monoisotopic (exact) mass is 331 g/mol. The van der Waals surface area contributed by atoms with Crippen LogP contribution in [-0.2, 0) is 0 Å². The smallest absolute Gasteiger partial charge is 0.188 e. The summed E-state index contributed by atoms with van der Waals surface area (Å²) in [5, 5.41) is 3.07. The van der Waals surface area contributed by atoms with E-state index in [4.69, 9.17) is 5.73 Å². The van der Waals surface area contributed by atoms with Crippen LogP contribution in [0.1, 0.15) is 11.5 Å². The van der Waals surface area contributed by atoms with Gasteiger partial charge in [0.1, 0.15) is 0 Å². The Labute approximate surface area is 105 Å². The van der Waals surface area contributed by atoms with Gasteiger partial charge in [-0.2, -0.15) is 0 Å². The van der Waals surface area contributed by atoms with Crippen LogP contribution < -0.4 is 11.1 Å². The van der Waals surface area contributed by atoms with Crippen LogP contribution in [0, 0.1) is 0 Å². The van der Waals surface area contributed by atoms with Crippen LogP contribution in [-0.4, -0.2) is 19.0 Å². The minimum absolute atomic E-state index is 0.389. The molecule has 1 aromatic rings. The van der Waals surface area contributed by atoms with Gasteiger partial charge in [0.25, 0.3) is 0 Å². The summed E-state index contributed by atoms with van der Waals surface area (Å²) < 4.78 is 2.18. The number of nitrogens with zero attached hydrogens (tertiary/aromatic N) is 1. The molecule has 0 fully saturated rings. The second kappa shape index (κ2) is 4.53. The first-order valence-corrected chi connectivity index (χ1v) is 6.24. The summed E-state index contributed by atoms with van der Waals surface area (Å²) in [6.07, 6.45) is 0. The molecule has 1 aliphatic heterocycles. The van der Waals surface area contributed by atoms with E-state index in [1.54, 1.807) is 0 Å². The second-order valence-corrected chi connectivity index (χ2v) is 5.24. The predicted octanol–water partition coefficient (Wildman–Crippen LogP) is 2.21. The highest BCUT2D eigenvalue weighted by Crippen LogP contribution is 2.28. The fourth-order valence-corrected chi connectivity index (χ4v) is 2.97. The lowest BCUT2D eigenvalue weighted by molar-refractivity contribution is 0.633. The van der Waals surface area contributed by atoms with Gasteiger partial charge in [-0.15, -0.1) is 0 Å². The first-order chi connectivity index (χ1) is 7.16.